The molecule has 1 aliphatic rings. The first kappa shape index (κ1) is 11.1. The maximum Gasteiger partial charge on any atom is 0.416 e. The molecule has 1 aromatic rings. The van der Waals surface area contributed by atoms with E-state index in [1.54, 1.807) is 7.05 Å². The number of ether oxygens (including phenoxy) is 1. The lowest BCUT2D eigenvalue weighted by molar-refractivity contribution is -0.137. The zero-order chi connectivity index (χ0) is 11.8. The van der Waals surface area contributed by atoms with Crippen LogP contribution in [0.4, 0.5) is 18.9 Å². The Morgan fingerprint density at radius 1 is 1.31 bits per heavy atom. The highest BCUT2D eigenvalue weighted by Gasteiger charge is 2.32. The van der Waals surface area contributed by atoms with Crippen LogP contribution in [0, 0.1) is 0 Å². The fourth-order valence-electron chi connectivity index (χ4n) is 1.37. The van der Waals surface area contributed by atoms with Crippen molar-refractivity contribution in [1.82, 2.24) is 0 Å². The van der Waals surface area contributed by atoms with Crippen LogP contribution in [0.1, 0.15) is 18.4 Å². The van der Waals surface area contributed by atoms with Gasteiger partial charge < -0.3 is 10.1 Å². The smallest absolute Gasteiger partial charge is 0.416 e. The molecule has 0 heterocycles. The van der Waals surface area contributed by atoms with E-state index in [1.165, 1.54) is 6.07 Å². The molecule has 0 aliphatic heterocycles. The quantitative estimate of drug-likeness (QED) is 0.861. The van der Waals surface area contributed by atoms with Crippen molar-refractivity contribution in [3.63, 3.8) is 0 Å². The van der Waals surface area contributed by atoms with Crippen LogP contribution in [0.3, 0.4) is 0 Å². The minimum absolute atomic E-state index is 0.0792. The highest BCUT2D eigenvalue weighted by atomic mass is 19.4. The summed E-state index contributed by atoms with van der Waals surface area (Å²) in [6, 6.07) is 3.48. The third-order valence-corrected chi connectivity index (χ3v) is 2.40. The van der Waals surface area contributed by atoms with Gasteiger partial charge >= 0.3 is 6.18 Å². The van der Waals surface area contributed by atoms with Crippen molar-refractivity contribution in [2.45, 2.75) is 25.1 Å². The van der Waals surface area contributed by atoms with E-state index >= 15 is 0 Å². The third kappa shape index (κ3) is 2.40. The first-order valence-corrected chi connectivity index (χ1v) is 5.06. The molecule has 1 N–H and O–H groups in total. The van der Waals surface area contributed by atoms with Gasteiger partial charge in [-0.15, -0.1) is 0 Å². The van der Waals surface area contributed by atoms with E-state index < -0.39 is 11.7 Å². The first-order valence-electron chi connectivity index (χ1n) is 5.06. The maximum absolute atomic E-state index is 12.5. The Bertz CT molecular complexity index is 385. The Hall–Kier alpha value is -1.39. The molecule has 0 aromatic heterocycles. The summed E-state index contributed by atoms with van der Waals surface area (Å²) in [4.78, 5) is 0. The fourth-order valence-corrected chi connectivity index (χ4v) is 1.37. The summed E-state index contributed by atoms with van der Waals surface area (Å²) < 4.78 is 42.9. The molecular formula is C11H12F3NO. The zero-order valence-electron chi connectivity index (χ0n) is 8.77. The highest BCUT2D eigenvalue weighted by molar-refractivity contribution is 5.58. The van der Waals surface area contributed by atoms with Crippen molar-refractivity contribution in [1.29, 1.82) is 0 Å². The molecule has 0 unspecified atom stereocenters. The topological polar surface area (TPSA) is 21.3 Å². The second-order valence-electron chi connectivity index (χ2n) is 3.78. The molecule has 1 aliphatic carbocycles. The monoisotopic (exact) mass is 231 g/mol. The van der Waals surface area contributed by atoms with Crippen LogP contribution in [0.2, 0.25) is 0 Å². The summed E-state index contributed by atoms with van der Waals surface area (Å²) >= 11 is 0. The normalized spacial score (nSPS) is 16.0. The lowest BCUT2D eigenvalue weighted by Gasteiger charge is -2.13. The van der Waals surface area contributed by atoms with Crippen LogP contribution in [0.25, 0.3) is 0 Å². The third-order valence-electron chi connectivity index (χ3n) is 2.40. The fraction of sp³-hybridized carbons (Fsp3) is 0.455. The van der Waals surface area contributed by atoms with Crippen LogP contribution in [0.5, 0.6) is 5.75 Å². The standard InChI is InChI=1S/C11H12F3NO/c1-15-9-5-2-7(11(12,13)14)6-10(9)16-8-3-4-8/h2,5-6,8,15H,3-4H2,1H3. The van der Waals surface area contributed by atoms with Crippen molar-refractivity contribution < 1.29 is 17.9 Å². The van der Waals surface area contributed by atoms with Crippen LogP contribution >= 0.6 is 0 Å². The van der Waals surface area contributed by atoms with Gasteiger partial charge in [0.2, 0.25) is 0 Å². The summed E-state index contributed by atoms with van der Waals surface area (Å²) in [5.41, 5.74) is -0.0953. The van der Waals surface area contributed by atoms with Crippen LogP contribution in [-0.2, 0) is 6.18 Å². The molecule has 2 rings (SSSR count). The number of benzene rings is 1. The number of alkyl halides is 3. The van der Waals surface area contributed by atoms with E-state index in [0.717, 1.165) is 25.0 Å². The van der Waals surface area contributed by atoms with Crippen molar-refractivity contribution >= 4 is 5.69 Å². The molecule has 0 radical (unpaired) electrons. The van der Waals surface area contributed by atoms with Crippen molar-refractivity contribution in [3.8, 4) is 5.75 Å². The number of halogens is 3. The number of rotatable bonds is 3. The summed E-state index contributed by atoms with van der Waals surface area (Å²) in [6.45, 7) is 0. The van der Waals surface area contributed by atoms with Gasteiger partial charge in [0.05, 0.1) is 17.4 Å². The van der Waals surface area contributed by atoms with Crippen LogP contribution in [0.15, 0.2) is 18.2 Å². The molecule has 0 amide bonds. The lowest BCUT2D eigenvalue weighted by atomic mass is 10.2. The SMILES string of the molecule is CNc1ccc(C(F)(F)F)cc1OC1CC1. The largest absolute Gasteiger partial charge is 0.488 e. The van der Waals surface area contributed by atoms with Gasteiger partial charge in [0.25, 0.3) is 0 Å². The molecule has 16 heavy (non-hydrogen) atoms. The molecule has 1 fully saturated rings. The number of nitrogens with one attached hydrogen (secondary N) is 1. The highest BCUT2D eigenvalue weighted by Crippen LogP contribution is 2.37. The molecule has 0 saturated heterocycles. The molecule has 1 aromatic carbocycles. The van der Waals surface area contributed by atoms with E-state index in [9.17, 15) is 13.2 Å². The van der Waals surface area contributed by atoms with E-state index in [2.05, 4.69) is 5.32 Å². The van der Waals surface area contributed by atoms with Gasteiger partial charge in [0.1, 0.15) is 5.75 Å². The Kier molecular flexibility index (Phi) is 2.69. The molecule has 1 saturated carbocycles. The van der Waals surface area contributed by atoms with Crippen molar-refractivity contribution in [2.24, 2.45) is 0 Å². The van der Waals surface area contributed by atoms with E-state index in [1.807, 2.05) is 0 Å². The van der Waals surface area contributed by atoms with E-state index in [-0.39, 0.29) is 11.9 Å². The van der Waals surface area contributed by atoms with Crippen molar-refractivity contribution in [2.75, 3.05) is 12.4 Å². The van der Waals surface area contributed by atoms with Crippen LogP contribution in [-0.4, -0.2) is 13.2 Å². The van der Waals surface area contributed by atoms with Crippen molar-refractivity contribution in [3.05, 3.63) is 23.8 Å². The predicted molar refractivity (Wildman–Crippen MR) is 54.6 cm³/mol. The average molecular weight is 231 g/mol. The average Bonchev–Trinajstić information content (AvgIpc) is 3.00. The second kappa shape index (κ2) is 3.88. The molecular weight excluding hydrogens is 219 g/mol. The molecule has 2 nitrogen and oxygen atoms in total. The van der Waals surface area contributed by atoms with Gasteiger partial charge in [-0.2, -0.15) is 13.2 Å². The molecule has 88 valence electrons. The van der Waals surface area contributed by atoms with Gasteiger partial charge in [0.15, 0.2) is 0 Å². The Balaban J connectivity index is 2.29. The summed E-state index contributed by atoms with van der Waals surface area (Å²) in [7, 11) is 1.66. The van der Waals surface area contributed by atoms with Crippen LogP contribution < -0.4 is 10.1 Å². The Morgan fingerprint density at radius 2 is 2.00 bits per heavy atom. The summed E-state index contributed by atoms with van der Waals surface area (Å²) in [6.07, 6.45) is -2.41. The maximum atomic E-state index is 12.5. The van der Waals surface area contributed by atoms with Gasteiger partial charge in [-0.1, -0.05) is 0 Å². The van der Waals surface area contributed by atoms with Gasteiger partial charge in [-0.3, -0.25) is 0 Å². The Labute approximate surface area is 91.4 Å². The number of hydrogen-bond acceptors (Lipinski definition) is 2. The van der Waals surface area contributed by atoms with Gasteiger partial charge in [0, 0.05) is 7.05 Å². The van der Waals surface area contributed by atoms with Gasteiger partial charge in [-0.05, 0) is 31.0 Å². The minimum atomic E-state index is -4.33. The molecule has 0 atom stereocenters. The molecule has 0 bridgehead atoms. The zero-order valence-corrected chi connectivity index (χ0v) is 8.77. The Morgan fingerprint density at radius 3 is 2.50 bits per heavy atom. The van der Waals surface area contributed by atoms with E-state index in [0.29, 0.717) is 5.69 Å². The second-order valence-corrected chi connectivity index (χ2v) is 3.78. The van der Waals surface area contributed by atoms with E-state index in [4.69, 9.17) is 4.74 Å². The summed E-state index contributed by atoms with van der Waals surface area (Å²) in [5, 5.41) is 2.82. The minimum Gasteiger partial charge on any atom is -0.488 e. The number of anilines is 1. The summed E-state index contributed by atoms with van der Waals surface area (Å²) in [5.74, 6) is 0.278. The first-order chi connectivity index (χ1) is 7.50. The lowest BCUT2D eigenvalue weighted by Crippen LogP contribution is -2.07. The van der Waals surface area contributed by atoms with Gasteiger partial charge in [-0.25, -0.2) is 0 Å². The molecule has 0 spiro atoms. The molecule has 5 heteroatoms. The predicted octanol–water partition coefficient (Wildman–Crippen LogP) is 3.29. The number of hydrogen-bond donors (Lipinski definition) is 1.